The van der Waals surface area contributed by atoms with E-state index < -0.39 is 0 Å². The lowest BCUT2D eigenvalue weighted by Gasteiger charge is -2.27. The Morgan fingerprint density at radius 3 is 1.69 bits per heavy atom. The first-order chi connectivity index (χ1) is 25.3. The van der Waals surface area contributed by atoms with Gasteiger partial charge in [-0.2, -0.15) is 0 Å². The SMILES string of the molecule is c1ccc(-c2ccc(N(c3cccc4c3sc3cc(-c5ccccc5)ccc34)c3cccc4c5cccc6c7ccccc7n(c34)c65)cc2)cc1. The van der Waals surface area contributed by atoms with Crippen molar-refractivity contribution in [3.63, 3.8) is 0 Å². The zero-order chi connectivity index (χ0) is 33.5. The number of anilines is 3. The first-order valence-corrected chi connectivity index (χ1v) is 18.3. The molecule has 3 heterocycles. The van der Waals surface area contributed by atoms with E-state index in [1.54, 1.807) is 0 Å². The molecule has 11 rings (SSSR count). The molecule has 0 bridgehead atoms. The second-order valence-corrected chi connectivity index (χ2v) is 14.4. The molecule has 2 nitrogen and oxygen atoms in total. The van der Waals surface area contributed by atoms with E-state index in [2.05, 4.69) is 191 Å². The maximum atomic E-state index is 2.51. The summed E-state index contributed by atoms with van der Waals surface area (Å²) >= 11 is 1.89. The highest BCUT2D eigenvalue weighted by molar-refractivity contribution is 7.26. The van der Waals surface area contributed by atoms with Gasteiger partial charge in [-0.25, -0.2) is 0 Å². The van der Waals surface area contributed by atoms with Gasteiger partial charge in [0, 0.05) is 42.7 Å². The van der Waals surface area contributed by atoms with Gasteiger partial charge in [-0.05, 0) is 58.7 Å². The Bertz CT molecular complexity index is 3060. The molecule has 238 valence electrons. The number of benzene rings is 8. The topological polar surface area (TPSA) is 7.65 Å². The molecule has 0 fully saturated rings. The number of rotatable bonds is 5. The van der Waals surface area contributed by atoms with Gasteiger partial charge in [0.1, 0.15) is 0 Å². The van der Waals surface area contributed by atoms with Crippen LogP contribution in [-0.4, -0.2) is 4.40 Å². The third-order valence-corrected chi connectivity index (χ3v) is 11.7. The van der Waals surface area contributed by atoms with Gasteiger partial charge in [0.15, 0.2) is 0 Å². The fraction of sp³-hybridized carbons (Fsp3) is 0. The summed E-state index contributed by atoms with van der Waals surface area (Å²) in [5, 5.41) is 7.70. The van der Waals surface area contributed by atoms with E-state index in [1.165, 1.54) is 86.2 Å². The quantitative estimate of drug-likeness (QED) is 0.177. The number of thiophene rings is 1. The Balaban J connectivity index is 1.21. The van der Waals surface area contributed by atoms with Gasteiger partial charge in [-0.15, -0.1) is 11.3 Å². The fourth-order valence-corrected chi connectivity index (χ4v) is 9.49. The maximum absolute atomic E-state index is 2.51. The summed E-state index contributed by atoms with van der Waals surface area (Å²) in [7, 11) is 0. The van der Waals surface area contributed by atoms with Gasteiger partial charge in [0.05, 0.1) is 32.6 Å². The van der Waals surface area contributed by atoms with Crippen LogP contribution in [0.3, 0.4) is 0 Å². The molecule has 51 heavy (non-hydrogen) atoms. The average molecular weight is 667 g/mol. The predicted molar refractivity (Wildman–Crippen MR) is 220 cm³/mol. The highest BCUT2D eigenvalue weighted by Crippen LogP contribution is 2.49. The Kier molecular flexibility index (Phi) is 6.16. The van der Waals surface area contributed by atoms with E-state index in [1.807, 2.05) is 11.3 Å². The number of hydrogen-bond donors (Lipinski definition) is 0. The highest BCUT2D eigenvalue weighted by Gasteiger charge is 2.24. The van der Waals surface area contributed by atoms with Gasteiger partial charge < -0.3 is 9.30 Å². The second-order valence-electron chi connectivity index (χ2n) is 13.3. The predicted octanol–water partition coefficient (Wildman–Crippen LogP) is 14.0. The van der Waals surface area contributed by atoms with Crippen molar-refractivity contribution >= 4 is 86.7 Å². The number of aromatic nitrogens is 1. The van der Waals surface area contributed by atoms with Crippen molar-refractivity contribution in [2.75, 3.05) is 4.90 Å². The standard InChI is InChI=1S/C48H30N2S/c1-3-12-31(13-4-1)33-24-27-35(28-25-33)49(44-23-11-20-41-37-29-26-34(30-45(37)51-48(41)44)32-14-5-2-6-15-32)43-22-10-19-40-39-18-9-17-38-36-16-7-8-21-42(36)50(46(38)39)47(40)43/h1-30H. The van der Waals surface area contributed by atoms with Gasteiger partial charge in [0.25, 0.3) is 0 Å². The summed E-state index contributed by atoms with van der Waals surface area (Å²) in [6, 6.07) is 66.6. The lowest BCUT2D eigenvalue weighted by atomic mass is 10.0. The van der Waals surface area contributed by atoms with Crippen LogP contribution in [0.1, 0.15) is 0 Å². The molecule has 0 spiro atoms. The van der Waals surface area contributed by atoms with E-state index >= 15 is 0 Å². The van der Waals surface area contributed by atoms with Crippen LogP contribution in [0.5, 0.6) is 0 Å². The van der Waals surface area contributed by atoms with E-state index in [0.717, 1.165) is 11.4 Å². The highest BCUT2D eigenvalue weighted by atomic mass is 32.1. The van der Waals surface area contributed by atoms with Gasteiger partial charge in [-0.3, -0.25) is 0 Å². The molecular weight excluding hydrogens is 637 g/mol. The van der Waals surface area contributed by atoms with Crippen LogP contribution < -0.4 is 4.90 Å². The summed E-state index contributed by atoms with van der Waals surface area (Å²) in [4.78, 5) is 2.50. The minimum atomic E-state index is 1.13. The molecule has 0 N–H and O–H groups in total. The van der Waals surface area contributed by atoms with E-state index in [0.29, 0.717) is 0 Å². The molecule has 0 atom stereocenters. The largest absolute Gasteiger partial charge is 0.307 e. The molecule has 0 radical (unpaired) electrons. The zero-order valence-corrected chi connectivity index (χ0v) is 28.4. The molecule has 8 aromatic carbocycles. The summed E-state index contributed by atoms with van der Waals surface area (Å²) in [5.41, 5.74) is 12.1. The van der Waals surface area contributed by atoms with Crippen molar-refractivity contribution < 1.29 is 0 Å². The molecule has 0 aliphatic rings. The summed E-state index contributed by atoms with van der Waals surface area (Å²) in [5.74, 6) is 0. The Morgan fingerprint density at radius 2 is 0.922 bits per heavy atom. The van der Waals surface area contributed by atoms with Crippen molar-refractivity contribution in [2.24, 2.45) is 0 Å². The molecule has 3 heteroatoms. The third kappa shape index (κ3) is 4.22. The second kappa shape index (κ2) is 11.0. The fourth-order valence-electron chi connectivity index (χ4n) is 8.24. The van der Waals surface area contributed by atoms with Gasteiger partial charge in [-0.1, -0.05) is 146 Å². The number of nitrogens with zero attached hydrogens (tertiary/aromatic N) is 2. The molecule has 0 aliphatic carbocycles. The number of fused-ring (bicyclic) bond motifs is 9. The lowest BCUT2D eigenvalue weighted by molar-refractivity contribution is 1.28. The van der Waals surface area contributed by atoms with E-state index in [4.69, 9.17) is 0 Å². The summed E-state index contributed by atoms with van der Waals surface area (Å²) in [6.45, 7) is 0. The van der Waals surface area contributed by atoms with Crippen molar-refractivity contribution in [1.82, 2.24) is 4.40 Å². The number of hydrogen-bond acceptors (Lipinski definition) is 2. The summed E-state index contributed by atoms with van der Waals surface area (Å²) < 4.78 is 5.08. The molecule has 0 unspecified atom stereocenters. The Labute approximate surface area is 299 Å². The smallest absolute Gasteiger partial charge is 0.0782 e. The molecule has 0 saturated carbocycles. The zero-order valence-electron chi connectivity index (χ0n) is 27.6. The van der Waals surface area contributed by atoms with Crippen LogP contribution in [0.2, 0.25) is 0 Å². The maximum Gasteiger partial charge on any atom is 0.0782 e. The molecule has 3 aromatic heterocycles. The van der Waals surface area contributed by atoms with Crippen LogP contribution >= 0.6 is 11.3 Å². The minimum absolute atomic E-state index is 1.13. The van der Waals surface area contributed by atoms with Gasteiger partial charge in [0.2, 0.25) is 0 Å². The summed E-state index contributed by atoms with van der Waals surface area (Å²) in [6.07, 6.45) is 0. The van der Waals surface area contributed by atoms with Crippen LogP contribution in [-0.2, 0) is 0 Å². The van der Waals surface area contributed by atoms with E-state index in [-0.39, 0.29) is 0 Å². The van der Waals surface area contributed by atoms with Crippen molar-refractivity contribution in [3.05, 3.63) is 182 Å². The average Bonchev–Trinajstić information content (AvgIpc) is 3.87. The normalized spacial score (nSPS) is 11.9. The molecule has 0 amide bonds. The van der Waals surface area contributed by atoms with Crippen molar-refractivity contribution in [1.29, 1.82) is 0 Å². The Hall–Kier alpha value is -6.42. The molecular formula is C48H30N2S. The van der Waals surface area contributed by atoms with Crippen LogP contribution in [0, 0.1) is 0 Å². The number of para-hydroxylation sites is 3. The van der Waals surface area contributed by atoms with E-state index in [9.17, 15) is 0 Å². The molecule has 11 aromatic rings. The van der Waals surface area contributed by atoms with Crippen molar-refractivity contribution in [2.45, 2.75) is 0 Å². The minimum Gasteiger partial charge on any atom is -0.307 e. The first-order valence-electron chi connectivity index (χ1n) is 17.4. The van der Waals surface area contributed by atoms with Gasteiger partial charge >= 0.3 is 0 Å². The van der Waals surface area contributed by atoms with Crippen LogP contribution in [0.4, 0.5) is 17.1 Å². The first kappa shape index (κ1) is 28.4. The van der Waals surface area contributed by atoms with Crippen LogP contribution in [0.25, 0.3) is 80.5 Å². The molecule has 0 aliphatic heterocycles. The lowest BCUT2D eigenvalue weighted by Crippen LogP contribution is -2.11. The monoisotopic (exact) mass is 666 g/mol. The Morgan fingerprint density at radius 1 is 0.373 bits per heavy atom. The third-order valence-electron chi connectivity index (χ3n) is 10.5. The van der Waals surface area contributed by atoms with Crippen molar-refractivity contribution in [3.8, 4) is 22.3 Å². The molecule has 0 saturated heterocycles. The van der Waals surface area contributed by atoms with Crippen LogP contribution in [0.15, 0.2) is 182 Å².